The van der Waals surface area contributed by atoms with Gasteiger partial charge >= 0.3 is 0 Å². The van der Waals surface area contributed by atoms with E-state index in [1.165, 1.54) is 25.1 Å². The summed E-state index contributed by atoms with van der Waals surface area (Å²) in [5.41, 5.74) is 1.18. The number of aromatic nitrogens is 3. The van der Waals surface area contributed by atoms with Gasteiger partial charge < -0.3 is 9.88 Å². The number of anilines is 1. The fourth-order valence-corrected chi connectivity index (χ4v) is 3.20. The number of imidazole rings is 1. The van der Waals surface area contributed by atoms with Crippen molar-refractivity contribution < 1.29 is 0 Å². The lowest BCUT2D eigenvalue weighted by atomic mass is 10.1. The molecule has 0 spiro atoms. The van der Waals surface area contributed by atoms with E-state index in [4.69, 9.17) is 4.98 Å². The van der Waals surface area contributed by atoms with Gasteiger partial charge in [-0.15, -0.1) is 0 Å². The number of likely N-dealkylation sites (tertiary alicyclic amines) is 1. The smallest absolute Gasteiger partial charge is 0.127 e. The molecule has 1 aliphatic rings. The molecule has 1 aliphatic heterocycles. The van der Waals surface area contributed by atoms with Gasteiger partial charge in [-0.3, -0.25) is 4.90 Å². The summed E-state index contributed by atoms with van der Waals surface area (Å²) in [5.74, 6) is 1.94. The highest BCUT2D eigenvalue weighted by Gasteiger charge is 2.28. The molecule has 0 amide bonds. The molecule has 1 unspecified atom stereocenters. The lowest BCUT2D eigenvalue weighted by Gasteiger charge is -2.28. The predicted octanol–water partition coefficient (Wildman–Crippen LogP) is 2.97. The lowest BCUT2D eigenvalue weighted by molar-refractivity contribution is 0.202. The maximum atomic E-state index is 4.83. The van der Waals surface area contributed by atoms with Crippen LogP contribution in [-0.4, -0.2) is 32.0 Å². The Balaban J connectivity index is 1.71. The van der Waals surface area contributed by atoms with Crippen molar-refractivity contribution in [3.05, 3.63) is 42.1 Å². The van der Waals surface area contributed by atoms with Crippen LogP contribution in [0.15, 0.2) is 30.6 Å². The van der Waals surface area contributed by atoms with Crippen LogP contribution in [0, 0.1) is 0 Å². The first kappa shape index (κ1) is 15.0. The van der Waals surface area contributed by atoms with Gasteiger partial charge in [0.15, 0.2) is 0 Å². The van der Waals surface area contributed by atoms with Gasteiger partial charge in [-0.2, -0.15) is 0 Å². The second-order valence-electron chi connectivity index (χ2n) is 6.25. The SMILES string of the molecule is CC(C)N1CCCC1c1cccc(NCc2nccn2C)n1. The maximum absolute atomic E-state index is 4.83. The third kappa shape index (κ3) is 3.14. The molecule has 3 heterocycles. The molecule has 1 atom stereocenters. The fourth-order valence-electron chi connectivity index (χ4n) is 3.20. The molecule has 0 saturated carbocycles. The van der Waals surface area contributed by atoms with E-state index in [9.17, 15) is 0 Å². The summed E-state index contributed by atoms with van der Waals surface area (Å²) in [5, 5.41) is 3.38. The van der Waals surface area contributed by atoms with Crippen molar-refractivity contribution in [1.82, 2.24) is 19.4 Å². The summed E-state index contributed by atoms with van der Waals surface area (Å²) in [7, 11) is 2.01. The molecule has 2 aromatic rings. The van der Waals surface area contributed by atoms with Gasteiger partial charge in [0.1, 0.15) is 11.6 Å². The second kappa shape index (κ2) is 6.48. The zero-order valence-corrected chi connectivity index (χ0v) is 13.7. The number of nitrogens with zero attached hydrogens (tertiary/aromatic N) is 4. The van der Waals surface area contributed by atoms with E-state index in [0.717, 1.165) is 11.6 Å². The summed E-state index contributed by atoms with van der Waals surface area (Å²) in [6.07, 6.45) is 6.24. The number of nitrogens with one attached hydrogen (secondary N) is 1. The van der Waals surface area contributed by atoms with Gasteiger partial charge in [0, 0.05) is 25.5 Å². The Bertz CT molecular complexity index is 619. The summed E-state index contributed by atoms with van der Waals surface area (Å²) in [6, 6.07) is 7.30. The Hall–Kier alpha value is -1.88. The first-order valence-electron chi connectivity index (χ1n) is 8.08. The molecule has 118 valence electrons. The molecule has 0 aromatic carbocycles. The van der Waals surface area contributed by atoms with Crippen LogP contribution in [0.2, 0.25) is 0 Å². The summed E-state index contributed by atoms with van der Waals surface area (Å²) in [4.78, 5) is 11.7. The maximum Gasteiger partial charge on any atom is 0.127 e. The van der Waals surface area contributed by atoms with Crippen molar-refractivity contribution in [2.24, 2.45) is 7.05 Å². The number of pyridine rings is 1. The first-order chi connectivity index (χ1) is 10.6. The molecule has 1 fully saturated rings. The van der Waals surface area contributed by atoms with Crippen LogP contribution < -0.4 is 5.32 Å². The van der Waals surface area contributed by atoms with E-state index in [0.29, 0.717) is 18.6 Å². The quantitative estimate of drug-likeness (QED) is 0.922. The Kier molecular flexibility index (Phi) is 4.43. The van der Waals surface area contributed by atoms with Crippen LogP contribution in [0.5, 0.6) is 0 Å². The van der Waals surface area contributed by atoms with Crippen LogP contribution in [0.25, 0.3) is 0 Å². The van der Waals surface area contributed by atoms with Crippen LogP contribution in [0.3, 0.4) is 0 Å². The minimum atomic E-state index is 0.454. The molecular weight excluding hydrogens is 274 g/mol. The van der Waals surface area contributed by atoms with Crippen LogP contribution in [0.4, 0.5) is 5.82 Å². The van der Waals surface area contributed by atoms with Crippen molar-refractivity contribution in [3.63, 3.8) is 0 Å². The van der Waals surface area contributed by atoms with E-state index < -0.39 is 0 Å². The molecule has 0 aliphatic carbocycles. The molecule has 0 bridgehead atoms. The molecule has 1 saturated heterocycles. The third-order valence-electron chi connectivity index (χ3n) is 4.42. The van der Waals surface area contributed by atoms with Crippen molar-refractivity contribution in [1.29, 1.82) is 0 Å². The minimum absolute atomic E-state index is 0.454. The molecule has 2 aromatic heterocycles. The summed E-state index contributed by atoms with van der Waals surface area (Å²) >= 11 is 0. The fraction of sp³-hybridized carbons (Fsp3) is 0.529. The molecule has 5 heteroatoms. The number of hydrogen-bond acceptors (Lipinski definition) is 4. The average molecular weight is 299 g/mol. The Morgan fingerprint density at radius 3 is 2.95 bits per heavy atom. The first-order valence-corrected chi connectivity index (χ1v) is 8.08. The normalized spacial score (nSPS) is 19.0. The molecule has 1 N–H and O–H groups in total. The van der Waals surface area contributed by atoms with Gasteiger partial charge in [-0.1, -0.05) is 6.07 Å². The van der Waals surface area contributed by atoms with Crippen molar-refractivity contribution in [3.8, 4) is 0 Å². The van der Waals surface area contributed by atoms with E-state index in [-0.39, 0.29) is 0 Å². The number of rotatable bonds is 5. The van der Waals surface area contributed by atoms with Crippen molar-refractivity contribution in [2.45, 2.75) is 45.3 Å². The zero-order valence-electron chi connectivity index (χ0n) is 13.7. The second-order valence-corrected chi connectivity index (χ2v) is 6.25. The van der Waals surface area contributed by atoms with Crippen molar-refractivity contribution in [2.75, 3.05) is 11.9 Å². The topological polar surface area (TPSA) is 46.0 Å². The van der Waals surface area contributed by atoms with Crippen LogP contribution in [-0.2, 0) is 13.6 Å². The minimum Gasteiger partial charge on any atom is -0.363 e. The van der Waals surface area contributed by atoms with Gasteiger partial charge in [-0.05, 0) is 45.4 Å². The average Bonchev–Trinajstić information content (AvgIpc) is 3.14. The molecular formula is C17H25N5. The summed E-state index contributed by atoms with van der Waals surface area (Å²) < 4.78 is 2.02. The van der Waals surface area contributed by atoms with E-state index in [1.54, 1.807) is 0 Å². The van der Waals surface area contributed by atoms with E-state index in [2.05, 4.69) is 41.2 Å². The summed E-state index contributed by atoms with van der Waals surface area (Å²) in [6.45, 7) is 6.40. The predicted molar refractivity (Wildman–Crippen MR) is 88.6 cm³/mol. The lowest BCUT2D eigenvalue weighted by Crippen LogP contribution is -2.30. The van der Waals surface area contributed by atoms with Crippen LogP contribution >= 0.6 is 0 Å². The van der Waals surface area contributed by atoms with Crippen molar-refractivity contribution >= 4 is 5.82 Å². The van der Waals surface area contributed by atoms with Crippen LogP contribution in [0.1, 0.15) is 44.2 Å². The zero-order chi connectivity index (χ0) is 15.5. The Morgan fingerprint density at radius 1 is 1.36 bits per heavy atom. The largest absolute Gasteiger partial charge is 0.363 e. The Labute approximate surface area is 132 Å². The highest BCUT2D eigenvalue weighted by molar-refractivity contribution is 5.36. The van der Waals surface area contributed by atoms with E-state index in [1.807, 2.05) is 30.1 Å². The number of hydrogen-bond donors (Lipinski definition) is 1. The molecule has 3 rings (SSSR count). The highest BCUT2D eigenvalue weighted by Crippen LogP contribution is 2.32. The third-order valence-corrected chi connectivity index (χ3v) is 4.42. The molecule has 22 heavy (non-hydrogen) atoms. The van der Waals surface area contributed by atoms with Gasteiger partial charge in [0.05, 0.1) is 18.3 Å². The van der Waals surface area contributed by atoms with Gasteiger partial charge in [0.25, 0.3) is 0 Å². The Morgan fingerprint density at radius 2 is 2.23 bits per heavy atom. The van der Waals surface area contributed by atoms with Gasteiger partial charge in [0.2, 0.25) is 0 Å². The number of aryl methyl sites for hydroxylation is 1. The van der Waals surface area contributed by atoms with Gasteiger partial charge in [-0.25, -0.2) is 9.97 Å². The highest BCUT2D eigenvalue weighted by atomic mass is 15.2. The standard InChI is InChI=1S/C17H25N5/c1-13(2)22-10-5-7-15(22)14-6-4-8-16(20-14)19-12-17-18-9-11-21(17)3/h4,6,8-9,11,13,15H,5,7,10,12H2,1-3H3,(H,19,20). The molecule has 5 nitrogen and oxygen atoms in total. The monoisotopic (exact) mass is 299 g/mol. The van der Waals surface area contributed by atoms with E-state index >= 15 is 0 Å². The molecule has 0 radical (unpaired) electrons.